The number of unbranched alkanes of at least 4 members (excludes halogenated alkanes) is 5. The van der Waals surface area contributed by atoms with Crippen molar-refractivity contribution in [3.63, 3.8) is 0 Å². The van der Waals surface area contributed by atoms with E-state index in [0.29, 0.717) is 11.7 Å². The lowest BCUT2D eigenvalue weighted by Crippen LogP contribution is -2.35. The molecular weight excluding hydrogens is 244 g/mol. The summed E-state index contributed by atoms with van der Waals surface area (Å²) in [5, 5.41) is 7.05. The van der Waals surface area contributed by atoms with Crippen LogP contribution in [0.5, 0.6) is 0 Å². The van der Waals surface area contributed by atoms with Crippen LogP contribution in [0.15, 0.2) is 22.8 Å². The summed E-state index contributed by atoms with van der Waals surface area (Å²) in [5.41, 5.74) is 0. The minimum Gasteiger partial charge on any atom is -0.467 e. The van der Waals surface area contributed by atoms with Crippen molar-refractivity contribution in [2.75, 3.05) is 6.54 Å². The lowest BCUT2D eigenvalue weighted by Gasteiger charge is -2.09. The second-order valence-corrected chi connectivity index (χ2v) is 4.86. The first-order valence-electron chi connectivity index (χ1n) is 6.87. The van der Waals surface area contributed by atoms with E-state index in [1.807, 2.05) is 12.1 Å². The Kier molecular flexibility index (Phi) is 8.30. The molecule has 0 saturated heterocycles. The van der Waals surface area contributed by atoms with Gasteiger partial charge in [0, 0.05) is 6.54 Å². The van der Waals surface area contributed by atoms with E-state index in [-0.39, 0.29) is 0 Å². The molecular formula is C14H24N2OS. The van der Waals surface area contributed by atoms with E-state index in [9.17, 15) is 0 Å². The van der Waals surface area contributed by atoms with Crippen LogP contribution < -0.4 is 10.6 Å². The Bertz CT molecular complexity index is 312. The molecule has 0 aliphatic rings. The van der Waals surface area contributed by atoms with E-state index >= 15 is 0 Å². The zero-order valence-electron chi connectivity index (χ0n) is 11.2. The zero-order chi connectivity index (χ0) is 13.1. The molecule has 0 atom stereocenters. The van der Waals surface area contributed by atoms with Crippen LogP contribution in [0.3, 0.4) is 0 Å². The van der Waals surface area contributed by atoms with Gasteiger partial charge in [-0.25, -0.2) is 0 Å². The Morgan fingerprint density at radius 3 is 2.67 bits per heavy atom. The molecule has 1 rings (SSSR count). The smallest absolute Gasteiger partial charge is 0.166 e. The number of thiocarbonyl (C=S) groups is 1. The molecule has 0 saturated carbocycles. The predicted molar refractivity (Wildman–Crippen MR) is 79.5 cm³/mol. The maximum atomic E-state index is 5.21. The summed E-state index contributed by atoms with van der Waals surface area (Å²) in [6.45, 7) is 3.84. The number of hydrogen-bond donors (Lipinski definition) is 2. The average molecular weight is 268 g/mol. The van der Waals surface area contributed by atoms with Crippen molar-refractivity contribution in [1.82, 2.24) is 10.6 Å². The maximum absolute atomic E-state index is 5.21. The summed E-state index contributed by atoms with van der Waals surface area (Å²) < 4.78 is 5.21. The fourth-order valence-electron chi connectivity index (χ4n) is 1.75. The molecule has 1 aromatic rings. The molecule has 0 amide bonds. The molecule has 1 aromatic heterocycles. The molecule has 4 heteroatoms. The summed E-state index contributed by atoms with van der Waals surface area (Å²) in [5.74, 6) is 0.902. The normalized spacial score (nSPS) is 10.3. The van der Waals surface area contributed by atoms with Gasteiger partial charge in [-0.15, -0.1) is 0 Å². The quantitative estimate of drug-likeness (QED) is 0.530. The molecule has 1 heterocycles. The second-order valence-electron chi connectivity index (χ2n) is 4.46. The van der Waals surface area contributed by atoms with Gasteiger partial charge in [0.1, 0.15) is 5.76 Å². The first kappa shape index (κ1) is 15.0. The van der Waals surface area contributed by atoms with Crippen molar-refractivity contribution >= 4 is 17.3 Å². The van der Waals surface area contributed by atoms with E-state index in [1.165, 1.54) is 38.5 Å². The SMILES string of the molecule is CCCCCCCCNC(=S)NCc1ccco1. The van der Waals surface area contributed by atoms with Crippen molar-refractivity contribution in [3.05, 3.63) is 24.2 Å². The number of rotatable bonds is 9. The monoisotopic (exact) mass is 268 g/mol. The Balaban J connectivity index is 1.90. The zero-order valence-corrected chi connectivity index (χ0v) is 12.0. The predicted octanol–water partition coefficient (Wildman–Crippen LogP) is 3.60. The molecule has 0 fully saturated rings. The molecule has 0 aliphatic carbocycles. The van der Waals surface area contributed by atoms with Crippen LogP contribution in [0, 0.1) is 0 Å². The first-order valence-corrected chi connectivity index (χ1v) is 7.28. The lowest BCUT2D eigenvalue weighted by molar-refractivity contribution is 0.502. The van der Waals surface area contributed by atoms with Crippen molar-refractivity contribution in [2.24, 2.45) is 0 Å². The van der Waals surface area contributed by atoms with Gasteiger partial charge < -0.3 is 15.1 Å². The standard InChI is InChI=1S/C14H24N2OS/c1-2-3-4-5-6-7-10-15-14(18)16-12-13-9-8-11-17-13/h8-9,11H,2-7,10,12H2,1H3,(H2,15,16,18). The van der Waals surface area contributed by atoms with Gasteiger partial charge in [-0.05, 0) is 30.8 Å². The van der Waals surface area contributed by atoms with Gasteiger partial charge in [0.15, 0.2) is 5.11 Å². The van der Waals surface area contributed by atoms with Crippen molar-refractivity contribution in [1.29, 1.82) is 0 Å². The lowest BCUT2D eigenvalue weighted by atomic mass is 10.1. The Labute approximate surface area is 115 Å². The minimum absolute atomic E-state index is 0.648. The minimum atomic E-state index is 0.648. The molecule has 18 heavy (non-hydrogen) atoms. The number of furan rings is 1. The van der Waals surface area contributed by atoms with Gasteiger partial charge in [0.2, 0.25) is 0 Å². The molecule has 102 valence electrons. The van der Waals surface area contributed by atoms with E-state index in [1.54, 1.807) is 6.26 Å². The summed E-state index contributed by atoms with van der Waals surface area (Å²) in [6.07, 6.45) is 9.50. The summed E-state index contributed by atoms with van der Waals surface area (Å²) >= 11 is 5.18. The Morgan fingerprint density at radius 2 is 1.94 bits per heavy atom. The van der Waals surface area contributed by atoms with Crippen LogP contribution >= 0.6 is 12.2 Å². The third-order valence-corrected chi connectivity index (χ3v) is 3.11. The first-order chi connectivity index (χ1) is 8.83. The summed E-state index contributed by atoms with van der Waals surface area (Å²) in [7, 11) is 0. The van der Waals surface area contributed by atoms with E-state index < -0.39 is 0 Å². The van der Waals surface area contributed by atoms with E-state index in [2.05, 4.69) is 17.6 Å². The van der Waals surface area contributed by atoms with Crippen LogP contribution in [0.25, 0.3) is 0 Å². The van der Waals surface area contributed by atoms with Gasteiger partial charge in [-0.2, -0.15) is 0 Å². The second kappa shape index (κ2) is 9.95. The fraction of sp³-hybridized carbons (Fsp3) is 0.643. The van der Waals surface area contributed by atoms with Gasteiger partial charge in [-0.3, -0.25) is 0 Å². The molecule has 3 nitrogen and oxygen atoms in total. The van der Waals surface area contributed by atoms with Gasteiger partial charge in [0.25, 0.3) is 0 Å². The molecule has 0 unspecified atom stereocenters. The van der Waals surface area contributed by atoms with Gasteiger partial charge in [-0.1, -0.05) is 39.0 Å². The molecule has 0 aliphatic heterocycles. The average Bonchev–Trinajstić information content (AvgIpc) is 2.88. The molecule has 0 radical (unpaired) electrons. The van der Waals surface area contributed by atoms with Crippen LogP contribution in [0.1, 0.15) is 51.2 Å². The largest absolute Gasteiger partial charge is 0.467 e. The van der Waals surface area contributed by atoms with Crippen LogP contribution in [-0.2, 0) is 6.54 Å². The third-order valence-electron chi connectivity index (χ3n) is 2.82. The van der Waals surface area contributed by atoms with E-state index in [4.69, 9.17) is 16.6 Å². The Morgan fingerprint density at radius 1 is 1.17 bits per heavy atom. The van der Waals surface area contributed by atoms with E-state index in [0.717, 1.165) is 12.3 Å². The Hall–Kier alpha value is -1.03. The highest BCUT2D eigenvalue weighted by Crippen LogP contribution is 2.04. The highest BCUT2D eigenvalue weighted by Gasteiger charge is 1.97. The maximum Gasteiger partial charge on any atom is 0.166 e. The number of nitrogens with one attached hydrogen (secondary N) is 2. The van der Waals surface area contributed by atoms with Crippen LogP contribution in [0.4, 0.5) is 0 Å². The molecule has 0 spiro atoms. The van der Waals surface area contributed by atoms with Crippen molar-refractivity contribution in [3.8, 4) is 0 Å². The van der Waals surface area contributed by atoms with Gasteiger partial charge >= 0.3 is 0 Å². The van der Waals surface area contributed by atoms with Crippen molar-refractivity contribution < 1.29 is 4.42 Å². The highest BCUT2D eigenvalue weighted by atomic mass is 32.1. The molecule has 2 N–H and O–H groups in total. The summed E-state index contributed by atoms with van der Waals surface area (Å²) in [6, 6.07) is 3.81. The third kappa shape index (κ3) is 7.33. The van der Waals surface area contributed by atoms with Crippen LogP contribution in [0.2, 0.25) is 0 Å². The highest BCUT2D eigenvalue weighted by molar-refractivity contribution is 7.80. The fourth-order valence-corrected chi connectivity index (χ4v) is 1.92. The molecule has 0 bridgehead atoms. The topological polar surface area (TPSA) is 37.2 Å². The van der Waals surface area contributed by atoms with Crippen LogP contribution in [-0.4, -0.2) is 11.7 Å². The number of hydrogen-bond acceptors (Lipinski definition) is 2. The van der Waals surface area contributed by atoms with Crippen molar-refractivity contribution in [2.45, 2.75) is 52.0 Å². The summed E-state index contributed by atoms with van der Waals surface area (Å²) in [4.78, 5) is 0. The molecule has 0 aromatic carbocycles. The van der Waals surface area contributed by atoms with Gasteiger partial charge in [0.05, 0.1) is 12.8 Å².